The third-order valence-corrected chi connectivity index (χ3v) is 12.2. The minimum atomic E-state index is -0.0679. The summed E-state index contributed by atoms with van der Waals surface area (Å²) in [6, 6.07) is 0. The Morgan fingerprint density at radius 3 is 1.64 bits per heavy atom. The molecular formula is C44H77NO4S4. The van der Waals surface area contributed by atoms with Gasteiger partial charge in [0.05, 0.1) is 12.5 Å². The summed E-state index contributed by atoms with van der Waals surface area (Å²) in [5, 5.41) is 3.54. The maximum absolute atomic E-state index is 13.0. The van der Waals surface area contributed by atoms with Gasteiger partial charge in [-0.05, 0) is 162 Å². The van der Waals surface area contributed by atoms with Crippen molar-refractivity contribution in [3.8, 4) is 0 Å². The SMILES string of the molecule is CCCCCCCCCCC(CCCCCCCCC(=O)OCCC(CCCC(=S)CCC=S)CCCC(=S)CCC=S)OC(=O)C1CCN(C)CC1. The Labute approximate surface area is 347 Å². The molecule has 1 fully saturated rings. The van der Waals surface area contributed by atoms with E-state index < -0.39 is 0 Å². The summed E-state index contributed by atoms with van der Waals surface area (Å²) in [4.78, 5) is 30.1. The van der Waals surface area contributed by atoms with E-state index in [1.54, 1.807) is 10.7 Å². The molecule has 1 atom stereocenters. The standard InChI is InChI=1S/C44H77NO4S4/c1-3-4-5-6-7-8-11-14-23-40(49-44(47)39-30-33-45(2)34-31-39)24-15-12-9-10-13-16-29-43(46)48-35-32-38(21-17-25-41(52)27-19-36-50)22-18-26-42(53)28-20-37-51/h36-40H,3-35H2,1-2H3. The van der Waals surface area contributed by atoms with Gasteiger partial charge < -0.3 is 14.4 Å². The summed E-state index contributed by atoms with van der Waals surface area (Å²) in [6.45, 7) is 4.73. The number of ether oxygens (including phenoxy) is 2. The molecule has 53 heavy (non-hydrogen) atoms. The van der Waals surface area contributed by atoms with Crippen LogP contribution in [-0.4, -0.2) is 70.2 Å². The van der Waals surface area contributed by atoms with Gasteiger partial charge in [0, 0.05) is 6.42 Å². The fourth-order valence-electron chi connectivity index (χ4n) is 7.33. The molecule has 0 aromatic rings. The van der Waals surface area contributed by atoms with Crippen LogP contribution in [0.15, 0.2) is 0 Å². The number of nitrogens with zero attached hydrogens (tertiary/aromatic N) is 1. The Kier molecular flexibility index (Phi) is 33.8. The Hall–Kier alpha value is -0.740. The van der Waals surface area contributed by atoms with E-state index in [4.69, 9.17) is 58.3 Å². The van der Waals surface area contributed by atoms with Crippen LogP contribution >= 0.6 is 48.9 Å². The first kappa shape index (κ1) is 50.3. The van der Waals surface area contributed by atoms with Gasteiger partial charge in [-0.15, -0.1) is 0 Å². The fourth-order valence-corrected chi connectivity index (χ4v) is 8.09. The van der Waals surface area contributed by atoms with Crippen LogP contribution in [-0.2, 0) is 19.1 Å². The van der Waals surface area contributed by atoms with Crippen molar-refractivity contribution in [2.75, 3.05) is 26.7 Å². The van der Waals surface area contributed by atoms with Gasteiger partial charge in [-0.25, -0.2) is 0 Å². The van der Waals surface area contributed by atoms with E-state index in [9.17, 15) is 9.59 Å². The Morgan fingerprint density at radius 2 is 1.13 bits per heavy atom. The summed E-state index contributed by atoms with van der Waals surface area (Å²) in [7, 11) is 2.13. The van der Waals surface area contributed by atoms with Crippen LogP contribution in [0.4, 0.5) is 0 Å². The zero-order chi connectivity index (χ0) is 38.8. The summed E-state index contributed by atoms with van der Waals surface area (Å²) >= 11 is 21.0. The molecule has 0 aromatic heterocycles. The number of rotatable bonds is 37. The van der Waals surface area contributed by atoms with Gasteiger partial charge in [-0.3, -0.25) is 9.59 Å². The number of unbranched alkanes of at least 4 members (excludes halogenated alkanes) is 12. The van der Waals surface area contributed by atoms with Gasteiger partial charge >= 0.3 is 11.9 Å². The summed E-state index contributed by atoms with van der Waals surface area (Å²) in [6.07, 6.45) is 32.0. The number of likely N-dealkylation sites (tertiary alicyclic amines) is 1. The van der Waals surface area contributed by atoms with Crippen molar-refractivity contribution in [3.05, 3.63) is 0 Å². The van der Waals surface area contributed by atoms with Crippen molar-refractivity contribution in [3.63, 3.8) is 0 Å². The van der Waals surface area contributed by atoms with Crippen molar-refractivity contribution < 1.29 is 19.1 Å². The Bertz CT molecular complexity index is 954. The zero-order valence-electron chi connectivity index (χ0n) is 33.9. The molecule has 1 rings (SSSR count). The first-order valence-corrected chi connectivity index (χ1v) is 23.5. The Morgan fingerprint density at radius 1 is 0.642 bits per heavy atom. The molecule has 0 spiro atoms. The topological polar surface area (TPSA) is 55.8 Å². The molecule has 0 aliphatic carbocycles. The predicted octanol–water partition coefficient (Wildman–Crippen LogP) is 13.1. The van der Waals surface area contributed by atoms with Gasteiger partial charge in [-0.1, -0.05) is 126 Å². The molecule has 0 saturated carbocycles. The molecule has 1 saturated heterocycles. The lowest BCUT2D eigenvalue weighted by atomic mass is 9.92. The third kappa shape index (κ3) is 30.1. The van der Waals surface area contributed by atoms with Crippen molar-refractivity contribution in [1.29, 1.82) is 0 Å². The van der Waals surface area contributed by atoms with E-state index >= 15 is 0 Å². The highest BCUT2D eigenvalue weighted by molar-refractivity contribution is 7.80. The van der Waals surface area contributed by atoms with Gasteiger partial charge in [0.2, 0.25) is 0 Å². The number of carbonyl (C=O) groups excluding carboxylic acids is 2. The Balaban J connectivity index is 2.31. The molecular weight excluding hydrogens is 735 g/mol. The van der Waals surface area contributed by atoms with Crippen LogP contribution in [0.1, 0.15) is 200 Å². The lowest BCUT2D eigenvalue weighted by molar-refractivity contribution is -0.156. The molecule has 0 amide bonds. The summed E-state index contributed by atoms with van der Waals surface area (Å²) in [5.41, 5.74) is 0. The smallest absolute Gasteiger partial charge is 0.309 e. The van der Waals surface area contributed by atoms with Crippen LogP contribution in [0.25, 0.3) is 0 Å². The van der Waals surface area contributed by atoms with Gasteiger partial charge in [0.25, 0.3) is 0 Å². The zero-order valence-corrected chi connectivity index (χ0v) is 37.2. The molecule has 0 radical (unpaired) electrons. The molecule has 1 heterocycles. The number of hydrogen-bond acceptors (Lipinski definition) is 9. The van der Waals surface area contributed by atoms with E-state index in [0.29, 0.717) is 18.9 Å². The minimum absolute atomic E-state index is 0.0432. The molecule has 0 aromatic carbocycles. The molecule has 306 valence electrons. The summed E-state index contributed by atoms with van der Waals surface area (Å²) < 4.78 is 11.8. The molecule has 1 unspecified atom stereocenters. The summed E-state index contributed by atoms with van der Waals surface area (Å²) in [5.74, 6) is 0.562. The lowest BCUT2D eigenvalue weighted by Gasteiger charge is -2.29. The minimum Gasteiger partial charge on any atom is -0.466 e. The van der Waals surface area contributed by atoms with E-state index in [2.05, 4.69) is 18.9 Å². The van der Waals surface area contributed by atoms with Crippen LogP contribution in [0.2, 0.25) is 0 Å². The maximum Gasteiger partial charge on any atom is 0.309 e. The third-order valence-electron chi connectivity index (χ3n) is 10.9. The van der Waals surface area contributed by atoms with Crippen LogP contribution in [0.5, 0.6) is 0 Å². The predicted molar refractivity (Wildman–Crippen MR) is 242 cm³/mol. The fraction of sp³-hybridized carbons (Fsp3) is 0.864. The molecule has 0 N–H and O–H groups in total. The largest absolute Gasteiger partial charge is 0.466 e. The monoisotopic (exact) mass is 811 g/mol. The highest BCUT2D eigenvalue weighted by Gasteiger charge is 2.26. The highest BCUT2D eigenvalue weighted by atomic mass is 32.1. The van der Waals surface area contributed by atoms with Crippen molar-refractivity contribution in [2.24, 2.45) is 11.8 Å². The molecule has 9 heteroatoms. The number of hydrogen-bond donors (Lipinski definition) is 0. The van der Waals surface area contributed by atoms with Crippen molar-refractivity contribution in [2.45, 2.75) is 206 Å². The number of thiocarbonyl (C=S) groups is 4. The van der Waals surface area contributed by atoms with E-state index in [1.165, 1.54) is 44.9 Å². The molecule has 1 aliphatic rings. The van der Waals surface area contributed by atoms with Gasteiger partial charge in [0.1, 0.15) is 6.10 Å². The quantitative estimate of drug-likeness (QED) is 0.0347. The van der Waals surface area contributed by atoms with Crippen LogP contribution in [0, 0.1) is 11.8 Å². The second kappa shape index (κ2) is 35.7. The first-order chi connectivity index (χ1) is 25.8. The average molecular weight is 812 g/mol. The van der Waals surface area contributed by atoms with Crippen molar-refractivity contribution in [1.82, 2.24) is 4.90 Å². The second-order valence-electron chi connectivity index (χ2n) is 15.7. The lowest BCUT2D eigenvalue weighted by Crippen LogP contribution is -2.35. The van der Waals surface area contributed by atoms with Crippen LogP contribution < -0.4 is 0 Å². The van der Waals surface area contributed by atoms with E-state index in [1.807, 2.05) is 0 Å². The normalized spacial score (nSPS) is 14.2. The maximum atomic E-state index is 13.0. The number of carbonyl (C=O) groups is 2. The highest BCUT2D eigenvalue weighted by Crippen LogP contribution is 2.24. The number of piperidine rings is 1. The molecule has 5 nitrogen and oxygen atoms in total. The number of esters is 2. The van der Waals surface area contributed by atoms with E-state index in [0.717, 1.165) is 164 Å². The van der Waals surface area contributed by atoms with Gasteiger partial charge in [-0.2, -0.15) is 0 Å². The van der Waals surface area contributed by atoms with Gasteiger partial charge in [0.15, 0.2) is 0 Å². The second-order valence-corrected chi connectivity index (χ2v) is 17.5. The average Bonchev–Trinajstić information content (AvgIpc) is 3.15. The molecule has 0 bridgehead atoms. The van der Waals surface area contributed by atoms with Crippen molar-refractivity contribution >= 4 is 81.3 Å². The first-order valence-electron chi connectivity index (χ1n) is 21.7. The molecule has 1 aliphatic heterocycles. The van der Waals surface area contributed by atoms with Crippen LogP contribution in [0.3, 0.4) is 0 Å². The van der Waals surface area contributed by atoms with E-state index in [-0.39, 0.29) is 24.0 Å².